The van der Waals surface area contributed by atoms with Crippen LogP contribution in [0.2, 0.25) is 0 Å². The van der Waals surface area contributed by atoms with E-state index < -0.39 is 41.2 Å². The van der Waals surface area contributed by atoms with Gasteiger partial charge in [-0.3, -0.25) is 29.3 Å². The fourth-order valence-corrected chi connectivity index (χ4v) is 11.1. The van der Waals surface area contributed by atoms with Gasteiger partial charge >= 0.3 is 5.97 Å². The number of hydrogen-bond donors (Lipinski definition) is 2. The number of pyridine rings is 1. The third-order valence-electron chi connectivity index (χ3n) is 14.1. The van der Waals surface area contributed by atoms with Gasteiger partial charge in [-0.15, -0.1) is 11.3 Å². The van der Waals surface area contributed by atoms with Crippen molar-refractivity contribution in [3.8, 4) is 22.5 Å². The molecule has 3 aromatic heterocycles. The first-order valence-electron chi connectivity index (χ1n) is 23.5. The Hall–Kier alpha value is -4.33. The van der Waals surface area contributed by atoms with Crippen molar-refractivity contribution in [3.05, 3.63) is 58.2 Å². The van der Waals surface area contributed by atoms with Crippen LogP contribution < -0.4 is 10.7 Å². The van der Waals surface area contributed by atoms with Gasteiger partial charge < -0.3 is 38.3 Å². The normalized spacial score (nSPS) is 26.5. The number of nitrogens with zero attached hydrogens (tertiary/aromatic N) is 5. The number of rotatable bonds is 11. The molecule has 9 rings (SSSR count). The van der Waals surface area contributed by atoms with E-state index in [4.69, 9.17) is 38.4 Å². The van der Waals surface area contributed by atoms with E-state index in [9.17, 15) is 14.4 Å². The zero-order chi connectivity index (χ0) is 46.3. The van der Waals surface area contributed by atoms with E-state index in [1.54, 1.807) is 20.4 Å². The van der Waals surface area contributed by atoms with Gasteiger partial charge in [-0.1, -0.05) is 26.8 Å². The second kappa shape index (κ2) is 19.3. The van der Waals surface area contributed by atoms with Crippen molar-refractivity contribution >= 4 is 40.0 Å². The quantitative estimate of drug-likeness (QED) is 0.178. The predicted octanol–water partition coefficient (Wildman–Crippen LogP) is 5.63. The molecule has 0 aliphatic carbocycles. The Balaban J connectivity index is 1.20. The molecule has 17 heteroatoms. The van der Waals surface area contributed by atoms with Crippen molar-refractivity contribution in [2.45, 2.75) is 115 Å². The van der Waals surface area contributed by atoms with Gasteiger partial charge in [0.15, 0.2) is 0 Å². The highest BCUT2D eigenvalue weighted by molar-refractivity contribution is 7.10. The third kappa shape index (κ3) is 9.42. The first kappa shape index (κ1) is 46.8. The molecule has 2 amide bonds. The summed E-state index contributed by atoms with van der Waals surface area (Å²) in [6, 6.07) is 8.08. The molecule has 4 aromatic rings. The minimum Gasteiger partial charge on any atom is -0.464 e. The van der Waals surface area contributed by atoms with E-state index in [0.717, 1.165) is 57.5 Å². The maximum atomic E-state index is 15.0. The summed E-state index contributed by atoms with van der Waals surface area (Å²) in [5.41, 5.74) is 8.83. The molecule has 0 unspecified atom stereocenters. The molecule has 0 saturated carbocycles. The average molecular weight is 928 g/mol. The molecule has 4 saturated heterocycles. The lowest BCUT2D eigenvalue weighted by atomic mass is 9.84. The summed E-state index contributed by atoms with van der Waals surface area (Å²) in [5.74, 6) is -1.14. The minimum absolute atomic E-state index is 0.00404. The van der Waals surface area contributed by atoms with Gasteiger partial charge in [-0.2, -0.15) is 0 Å². The predicted molar refractivity (Wildman–Crippen MR) is 248 cm³/mol. The molecule has 5 aliphatic rings. The van der Waals surface area contributed by atoms with Crippen LogP contribution in [0.5, 0.6) is 0 Å². The van der Waals surface area contributed by atoms with Gasteiger partial charge in [0, 0.05) is 98.6 Å². The molecule has 0 spiro atoms. The Morgan fingerprint density at radius 1 is 1.11 bits per heavy atom. The van der Waals surface area contributed by atoms with E-state index in [1.807, 2.05) is 32.2 Å². The Kier molecular flexibility index (Phi) is 13.7. The number of amides is 2. The number of benzene rings is 1. The molecule has 5 aliphatic heterocycles. The summed E-state index contributed by atoms with van der Waals surface area (Å²) in [4.78, 5) is 55.4. The number of aromatic nitrogens is 3. The molecule has 6 atom stereocenters. The van der Waals surface area contributed by atoms with Crippen LogP contribution in [0.25, 0.3) is 33.4 Å². The first-order chi connectivity index (χ1) is 31.8. The fourth-order valence-electron chi connectivity index (χ4n) is 10.1. The monoisotopic (exact) mass is 927 g/mol. The van der Waals surface area contributed by atoms with Gasteiger partial charge in [0.2, 0.25) is 5.91 Å². The molecular formula is C49H65N7O9S. The summed E-state index contributed by atoms with van der Waals surface area (Å²) in [5, 5.41) is 8.37. The number of cyclic esters (lactones) is 1. The molecule has 356 valence electrons. The number of nitrogens with one attached hydrogen (secondary N) is 2. The largest absolute Gasteiger partial charge is 0.464 e. The lowest BCUT2D eigenvalue weighted by molar-refractivity contribution is -0.166. The van der Waals surface area contributed by atoms with Gasteiger partial charge in [-0.25, -0.2) is 10.4 Å². The highest BCUT2D eigenvalue weighted by Crippen LogP contribution is 2.43. The number of ether oxygens (including phenoxy) is 6. The Morgan fingerprint density at radius 2 is 1.91 bits per heavy atom. The number of hydrogen-bond acceptors (Lipinski definition) is 14. The summed E-state index contributed by atoms with van der Waals surface area (Å²) in [6.07, 6.45) is 4.32. The SMILES string of the molecule is CO[C@@H](C)c1ncccc1-c1c2c3cc(ccc3n1CCOC1CCOCC1)-c1csc(n1)[C@@H](N1CC(C)(OC)C1)[C@H](NC(=O)[C@H]1OC[C@@H]1C)C(=O)N1CCC[C@H](N1)C(=O)OCC(C)(C)C2. The highest BCUT2D eigenvalue weighted by atomic mass is 32.1. The minimum atomic E-state index is -1.06. The van der Waals surface area contributed by atoms with Crippen molar-refractivity contribution in [3.63, 3.8) is 0 Å². The lowest BCUT2D eigenvalue weighted by Crippen LogP contribution is -2.68. The Bertz CT molecular complexity index is 2410. The van der Waals surface area contributed by atoms with E-state index >= 15 is 0 Å². The number of esters is 1. The number of carbonyl (C=O) groups is 3. The second-order valence-corrected chi connectivity index (χ2v) is 20.7. The number of fused-ring (bicyclic) bond motifs is 6. The number of likely N-dealkylation sites (tertiary alicyclic amines) is 1. The van der Waals surface area contributed by atoms with Gasteiger partial charge in [0.1, 0.15) is 23.2 Å². The van der Waals surface area contributed by atoms with E-state index in [0.29, 0.717) is 76.9 Å². The maximum Gasteiger partial charge on any atom is 0.324 e. The molecular weight excluding hydrogens is 863 g/mol. The molecule has 8 heterocycles. The van der Waals surface area contributed by atoms with E-state index in [-0.39, 0.29) is 36.5 Å². The van der Waals surface area contributed by atoms with Crippen LogP contribution in [0, 0.1) is 11.3 Å². The average Bonchev–Trinajstić information content (AvgIpc) is 3.91. The van der Waals surface area contributed by atoms with Crippen molar-refractivity contribution < 1.29 is 42.8 Å². The fraction of sp³-hybridized carbons (Fsp3) is 0.612. The van der Waals surface area contributed by atoms with Gasteiger partial charge in [0.25, 0.3) is 5.91 Å². The topological polar surface area (TPSA) is 168 Å². The van der Waals surface area contributed by atoms with Crippen LogP contribution in [0.3, 0.4) is 0 Å². The zero-order valence-electron chi connectivity index (χ0n) is 39.3. The number of hydrazine groups is 1. The molecule has 66 heavy (non-hydrogen) atoms. The van der Waals surface area contributed by atoms with E-state index in [2.05, 4.69) is 58.3 Å². The van der Waals surface area contributed by atoms with Crippen molar-refractivity contribution in [2.24, 2.45) is 11.3 Å². The van der Waals surface area contributed by atoms with Crippen molar-refractivity contribution in [1.82, 2.24) is 35.2 Å². The molecule has 2 N–H and O–H groups in total. The van der Waals surface area contributed by atoms with Crippen LogP contribution in [-0.4, -0.2) is 139 Å². The van der Waals surface area contributed by atoms with Crippen LogP contribution in [0.1, 0.15) is 88.7 Å². The summed E-state index contributed by atoms with van der Waals surface area (Å²) in [6.45, 7) is 14.7. The van der Waals surface area contributed by atoms with Gasteiger partial charge in [-0.05, 0) is 75.8 Å². The van der Waals surface area contributed by atoms with Crippen LogP contribution in [0.15, 0.2) is 41.9 Å². The Labute approximate surface area is 390 Å². The summed E-state index contributed by atoms with van der Waals surface area (Å²) in [7, 11) is 3.39. The summed E-state index contributed by atoms with van der Waals surface area (Å²) >= 11 is 1.46. The highest BCUT2D eigenvalue weighted by Gasteiger charge is 2.50. The standard InChI is InChI=1S/C49H65N7O9S/c1-29-24-64-43(29)44(57)52-40-42(54-26-49(5,27-54)61-7)45-51-37(25-66-45)31-12-13-38-34(22-31)35(23-48(3,4)28-65-47(59)36-11-9-17-56(53-36)46(40)58)41(33-10-8-16-50-39(33)30(2)60-6)55(38)18-21-63-32-14-19-62-20-15-32/h8,10,12-13,16,22,25,29-30,32,36,40,42-43,53H,9,11,14-15,17-21,23-24,26-28H2,1-7H3,(H,52,57)/t29-,30-,36-,40-,42-,43-/m0/s1. The molecule has 4 fully saturated rings. The molecule has 1 aromatic carbocycles. The smallest absolute Gasteiger partial charge is 0.324 e. The lowest BCUT2D eigenvalue weighted by Gasteiger charge is -2.51. The number of thiazole rings is 1. The maximum absolute atomic E-state index is 15.0. The van der Waals surface area contributed by atoms with Crippen molar-refractivity contribution in [2.75, 3.05) is 66.9 Å². The summed E-state index contributed by atoms with van der Waals surface area (Å²) < 4.78 is 38.2. The van der Waals surface area contributed by atoms with E-state index in [1.165, 1.54) is 16.3 Å². The Morgan fingerprint density at radius 3 is 2.64 bits per heavy atom. The van der Waals surface area contributed by atoms with Crippen molar-refractivity contribution in [1.29, 1.82) is 0 Å². The third-order valence-corrected chi connectivity index (χ3v) is 15.0. The molecule has 16 nitrogen and oxygen atoms in total. The number of methoxy groups -OCH3 is 2. The molecule has 0 radical (unpaired) electrons. The van der Waals surface area contributed by atoms with Crippen LogP contribution in [-0.2, 0) is 55.8 Å². The first-order valence-corrected chi connectivity index (χ1v) is 24.4. The second-order valence-electron chi connectivity index (χ2n) is 19.8. The van der Waals surface area contributed by atoms with Gasteiger partial charge in [0.05, 0.1) is 60.8 Å². The zero-order valence-corrected chi connectivity index (χ0v) is 40.1. The van der Waals surface area contributed by atoms with Crippen LogP contribution >= 0.6 is 11.3 Å². The molecule has 6 bridgehead atoms. The number of carbonyl (C=O) groups excluding carboxylic acids is 3. The van der Waals surface area contributed by atoms with Crippen LogP contribution in [0.4, 0.5) is 0 Å².